The van der Waals surface area contributed by atoms with Gasteiger partial charge in [0.2, 0.25) is 5.88 Å². The van der Waals surface area contributed by atoms with Gasteiger partial charge >= 0.3 is 0 Å². The first-order valence-electron chi connectivity index (χ1n) is 14.0. The largest absolute Gasteiger partial charge is 0.473 e. The second kappa shape index (κ2) is 12.2. The lowest BCUT2D eigenvalue weighted by Crippen LogP contribution is -2.21. The first kappa shape index (κ1) is 28.9. The molecule has 0 radical (unpaired) electrons. The van der Waals surface area contributed by atoms with Crippen LogP contribution in [0.15, 0.2) is 66.7 Å². The van der Waals surface area contributed by atoms with Crippen molar-refractivity contribution in [1.29, 1.82) is 0 Å². The summed E-state index contributed by atoms with van der Waals surface area (Å²) in [7, 11) is 0. The highest BCUT2D eigenvalue weighted by atomic mass is 19.1. The summed E-state index contributed by atoms with van der Waals surface area (Å²) < 4.78 is 58.4. The minimum absolute atomic E-state index is 0.00680. The Labute approximate surface area is 246 Å². The molecule has 43 heavy (non-hydrogen) atoms. The number of pyridine rings is 1. The molecule has 3 aromatic carbocycles. The average Bonchev–Trinajstić information content (AvgIpc) is 3.36. The van der Waals surface area contributed by atoms with Crippen LogP contribution in [-0.4, -0.2) is 38.0 Å². The predicted molar refractivity (Wildman–Crippen MR) is 154 cm³/mol. The number of aliphatic hydroxyl groups excluding tert-OH is 1. The van der Waals surface area contributed by atoms with Crippen LogP contribution >= 0.6 is 0 Å². The van der Waals surface area contributed by atoms with Crippen LogP contribution in [0.1, 0.15) is 53.3 Å². The van der Waals surface area contributed by atoms with E-state index in [-0.39, 0.29) is 41.8 Å². The van der Waals surface area contributed by atoms with E-state index in [1.54, 1.807) is 55.5 Å². The monoisotopic (exact) mass is 589 g/mol. The van der Waals surface area contributed by atoms with Gasteiger partial charge in [0.15, 0.2) is 6.29 Å². The van der Waals surface area contributed by atoms with Crippen molar-refractivity contribution in [3.63, 3.8) is 0 Å². The number of aliphatic hydroxyl groups is 2. The molecule has 0 atom stereocenters. The number of aryl methyl sites for hydroxylation is 1. The summed E-state index contributed by atoms with van der Waals surface area (Å²) in [5, 5.41) is 19.4. The predicted octanol–water partition coefficient (Wildman–Crippen LogP) is 6.33. The third kappa shape index (κ3) is 6.13. The number of rotatable bonds is 8. The molecule has 0 unspecified atom stereocenters. The van der Waals surface area contributed by atoms with Crippen molar-refractivity contribution in [2.24, 2.45) is 0 Å². The van der Waals surface area contributed by atoms with Gasteiger partial charge in [-0.05, 0) is 67.3 Å². The fourth-order valence-corrected chi connectivity index (χ4v) is 5.45. The van der Waals surface area contributed by atoms with Crippen molar-refractivity contribution in [3.8, 4) is 17.1 Å². The fraction of sp³-hybridized carbons (Fsp3) is 0.273. The number of benzene rings is 3. The average molecular weight is 590 g/mol. The van der Waals surface area contributed by atoms with Crippen molar-refractivity contribution in [2.75, 3.05) is 13.2 Å². The summed E-state index contributed by atoms with van der Waals surface area (Å²) in [5.41, 5.74) is 3.04. The van der Waals surface area contributed by atoms with Gasteiger partial charge in [-0.15, -0.1) is 0 Å². The van der Waals surface area contributed by atoms with Crippen molar-refractivity contribution in [2.45, 2.75) is 45.1 Å². The van der Waals surface area contributed by atoms with Crippen LogP contribution < -0.4 is 4.74 Å². The second-order valence-corrected chi connectivity index (χ2v) is 10.7. The standard InChI is InChI=1S/C33H30F3N3O4/c1-19-5-6-21(25(34)13-19)18-43-32-4-2-3-28(38-32)24-17-26(35)22(14-27(24)36)16-31-37-29-8-7-20(33(40)41)15-30(29)39(31)23-9-11-42-12-10-23/h2-8,13-15,17,23,33,40-41H,9-12,16,18H2,1H3. The Morgan fingerprint density at radius 3 is 2.47 bits per heavy atom. The van der Waals surface area contributed by atoms with E-state index < -0.39 is 23.7 Å². The van der Waals surface area contributed by atoms with Crippen molar-refractivity contribution < 1.29 is 32.9 Å². The molecule has 1 aliphatic rings. The minimum atomic E-state index is -1.65. The molecule has 1 fully saturated rings. The molecule has 7 nitrogen and oxygen atoms in total. The first-order valence-corrected chi connectivity index (χ1v) is 14.0. The number of hydrogen-bond acceptors (Lipinski definition) is 6. The summed E-state index contributed by atoms with van der Waals surface area (Å²) in [6, 6.07) is 16.8. The molecule has 222 valence electrons. The molecule has 3 heterocycles. The normalized spacial score (nSPS) is 14.1. The number of nitrogens with zero attached hydrogens (tertiary/aromatic N) is 3. The van der Waals surface area contributed by atoms with E-state index in [4.69, 9.17) is 14.5 Å². The molecule has 0 amide bonds. The van der Waals surface area contributed by atoms with Gasteiger partial charge in [0.25, 0.3) is 0 Å². The molecule has 0 saturated carbocycles. The Bertz CT molecular complexity index is 1780. The summed E-state index contributed by atoms with van der Waals surface area (Å²) in [6.45, 7) is 2.84. The van der Waals surface area contributed by atoms with Gasteiger partial charge in [-0.3, -0.25) is 0 Å². The van der Waals surface area contributed by atoms with Crippen LogP contribution in [0, 0.1) is 24.4 Å². The Morgan fingerprint density at radius 1 is 0.907 bits per heavy atom. The van der Waals surface area contributed by atoms with Crippen molar-refractivity contribution in [1.82, 2.24) is 14.5 Å². The molecule has 0 spiro atoms. The summed E-state index contributed by atoms with van der Waals surface area (Å²) in [4.78, 5) is 9.04. The molecular formula is C33H30F3N3O4. The Hall–Kier alpha value is -4.25. The summed E-state index contributed by atoms with van der Waals surface area (Å²) in [5.74, 6) is -0.988. The molecule has 2 N–H and O–H groups in total. The van der Waals surface area contributed by atoms with E-state index in [1.807, 2.05) is 4.57 Å². The molecule has 0 aliphatic carbocycles. The van der Waals surface area contributed by atoms with Crippen LogP contribution in [0.25, 0.3) is 22.3 Å². The van der Waals surface area contributed by atoms with Crippen molar-refractivity contribution >= 4 is 11.0 Å². The number of halogens is 3. The van der Waals surface area contributed by atoms with E-state index in [0.717, 1.165) is 17.7 Å². The lowest BCUT2D eigenvalue weighted by molar-refractivity contribution is -0.0424. The van der Waals surface area contributed by atoms with Gasteiger partial charge < -0.3 is 24.3 Å². The van der Waals surface area contributed by atoms with Crippen molar-refractivity contribution in [3.05, 3.63) is 112 Å². The minimum Gasteiger partial charge on any atom is -0.473 e. The van der Waals surface area contributed by atoms with E-state index in [9.17, 15) is 14.6 Å². The third-order valence-electron chi connectivity index (χ3n) is 7.71. The topological polar surface area (TPSA) is 89.6 Å². The van der Waals surface area contributed by atoms with Gasteiger partial charge in [0, 0.05) is 48.4 Å². The van der Waals surface area contributed by atoms with Gasteiger partial charge in [0.05, 0.1) is 16.7 Å². The molecule has 1 aliphatic heterocycles. The number of imidazole rings is 1. The van der Waals surface area contributed by atoms with Crippen LogP contribution in [-0.2, 0) is 17.8 Å². The molecule has 2 aromatic heterocycles. The number of aromatic nitrogens is 3. The van der Waals surface area contributed by atoms with Gasteiger partial charge in [-0.1, -0.05) is 24.3 Å². The fourth-order valence-electron chi connectivity index (χ4n) is 5.45. The van der Waals surface area contributed by atoms with Crippen LogP contribution in [0.4, 0.5) is 13.2 Å². The number of hydrogen-bond donors (Lipinski definition) is 2. The molecule has 6 rings (SSSR count). The second-order valence-electron chi connectivity index (χ2n) is 10.7. The lowest BCUT2D eigenvalue weighted by Gasteiger charge is -2.26. The van der Waals surface area contributed by atoms with Crippen LogP contribution in [0.2, 0.25) is 0 Å². The maximum absolute atomic E-state index is 15.6. The van der Waals surface area contributed by atoms with Gasteiger partial charge in [0.1, 0.15) is 29.9 Å². The summed E-state index contributed by atoms with van der Waals surface area (Å²) in [6.07, 6.45) is -0.210. The maximum Gasteiger partial charge on any atom is 0.214 e. The van der Waals surface area contributed by atoms with E-state index >= 15 is 8.78 Å². The molecule has 0 bridgehead atoms. The first-order chi connectivity index (χ1) is 20.8. The quantitative estimate of drug-likeness (QED) is 0.206. The Morgan fingerprint density at radius 2 is 1.70 bits per heavy atom. The maximum atomic E-state index is 15.6. The summed E-state index contributed by atoms with van der Waals surface area (Å²) >= 11 is 0. The number of fused-ring (bicyclic) bond motifs is 1. The van der Waals surface area contributed by atoms with Crippen LogP contribution in [0.5, 0.6) is 5.88 Å². The zero-order valence-corrected chi connectivity index (χ0v) is 23.4. The lowest BCUT2D eigenvalue weighted by atomic mass is 10.0. The van der Waals surface area contributed by atoms with E-state index in [2.05, 4.69) is 4.98 Å². The zero-order valence-electron chi connectivity index (χ0n) is 23.4. The highest BCUT2D eigenvalue weighted by Gasteiger charge is 2.24. The highest BCUT2D eigenvalue weighted by Crippen LogP contribution is 2.32. The molecule has 1 saturated heterocycles. The molecule has 5 aromatic rings. The third-order valence-corrected chi connectivity index (χ3v) is 7.71. The zero-order chi connectivity index (χ0) is 30.1. The Kier molecular flexibility index (Phi) is 8.16. The molecular weight excluding hydrogens is 559 g/mol. The van der Waals surface area contributed by atoms with E-state index in [0.29, 0.717) is 54.0 Å². The smallest absolute Gasteiger partial charge is 0.214 e. The van der Waals surface area contributed by atoms with Crippen LogP contribution in [0.3, 0.4) is 0 Å². The van der Waals surface area contributed by atoms with Gasteiger partial charge in [-0.2, -0.15) is 0 Å². The SMILES string of the molecule is Cc1ccc(COc2cccc(-c3cc(F)c(Cc4nc5ccc(C(O)O)cc5n4C4CCOCC4)cc3F)n2)c(F)c1. The van der Waals surface area contributed by atoms with E-state index in [1.165, 1.54) is 6.07 Å². The highest BCUT2D eigenvalue weighted by molar-refractivity contribution is 5.77. The molecule has 10 heteroatoms. The number of ether oxygens (including phenoxy) is 2. The Balaban J connectivity index is 1.29. The van der Waals surface area contributed by atoms with Gasteiger partial charge in [-0.25, -0.2) is 23.1 Å².